The Morgan fingerprint density at radius 3 is 2.71 bits per heavy atom. The highest BCUT2D eigenvalue weighted by molar-refractivity contribution is 5.25. The van der Waals surface area contributed by atoms with Crippen molar-refractivity contribution in [1.29, 1.82) is 0 Å². The molecule has 1 fully saturated rings. The van der Waals surface area contributed by atoms with Crippen LogP contribution >= 0.6 is 0 Å². The number of rotatable bonds is 6. The third kappa shape index (κ3) is 3.09. The van der Waals surface area contributed by atoms with E-state index in [9.17, 15) is 0 Å². The second-order valence-electron chi connectivity index (χ2n) is 5.48. The van der Waals surface area contributed by atoms with Gasteiger partial charge in [0, 0.05) is 18.3 Å². The SMILES string of the molecule is CCC(N)Cc1c(C)nn(CCC2CC2)c1C. The number of hydrogen-bond donors (Lipinski definition) is 1. The molecular weight excluding hydrogens is 210 g/mol. The highest BCUT2D eigenvalue weighted by Gasteiger charge is 2.22. The summed E-state index contributed by atoms with van der Waals surface area (Å²) < 4.78 is 2.19. The Morgan fingerprint density at radius 1 is 1.41 bits per heavy atom. The van der Waals surface area contributed by atoms with E-state index in [1.165, 1.54) is 36.2 Å². The summed E-state index contributed by atoms with van der Waals surface area (Å²) in [5.41, 5.74) is 9.91. The Morgan fingerprint density at radius 2 is 2.12 bits per heavy atom. The molecule has 96 valence electrons. The van der Waals surface area contributed by atoms with E-state index in [0.29, 0.717) is 0 Å². The molecule has 0 saturated heterocycles. The van der Waals surface area contributed by atoms with E-state index < -0.39 is 0 Å². The average Bonchev–Trinajstić information content (AvgIpc) is 3.09. The molecule has 0 bridgehead atoms. The number of hydrogen-bond acceptors (Lipinski definition) is 2. The monoisotopic (exact) mass is 235 g/mol. The maximum Gasteiger partial charge on any atom is 0.0629 e. The van der Waals surface area contributed by atoms with E-state index in [-0.39, 0.29) is 6.04 Å². The van der Waals surface area contributed by atoms with E-state index >= 15 is 0 Å². The van der Waals surface area contributed by atoms with E-state index in [1.54, 1.807) is 0 Å². The summed E-state index contributed by atoms with van der Waals surface area (Å²) in [5.74, 6) is 0.972. The van der Waals surface area contributed by atoms with E-state index in [1.807, 2.05) is 0 Å². The maximum atomic E-state index is 6.05. The molecule has 1 aliphatic carbocycles. The molecule has 0 aliphatic heterocycles. The number of nitrogens with two attached hydrogens (primary N) is 1. The Hall–Kier alpha value is -0.830. The van der Waals surface area contributed by atoms with Crippen molar-refractivity contribution >= 4 is 0 Å². The zero-order valence-corrected chi connectivity index (χ0v) is 11.4. The third-order valence-electron chi connectivity index (χ3n) is 3.97. The first-order chi connectivity index (χ1) is 8.11. The van der Waals surface area contributed by atoms with Crippen LogP contribution in [0.2, 0.25) is 0 Å². The first-order valence-corrected chi connectivity index (χ1v) is 6.90. The molecule has 2 rings (SSSR count). The van der Waals surface area contributed by atoms with Gasteiger partial charge in [-0.3, -0.25) is 4.68 Å². The average molecular weight is 235 g/mol. The lowest BCUT2D eigenvalue weighted by molar-refractivity contribution is 0.532. The van der Waals surface area contributed by atoms with Crippen LogP contribution in [0.3, 0.4) is 0 Å². The van der Waals surface area contributed by atoms with Crippen LogP contribution in [0, 0.1) is 19.8 Å². The zero-order chi connectivity index (χ0) is 12.4. The molecule has 1 aromatic rings. The van der Waals surface area contributed by atoms with Crippen molar-refractivity contribution in [2.75, 3.05) is 0 Å². The van der Waals surface area contributed by atoms with Gasteiger partial charge in [-0.25, -0.2) is 0 Å². The molecular formula is C14H25N3. The van der Waals surface area contributed by atoms with Crippen molar-refractivity contribution in [3.05, 3.63) is 17.0 Å². The summed E-state index contributed by atoms with van der Waals surface area (Å²) in [6, 6.07) is 0.272. The lowest BCUT2D eigenvalue weighted by Gasteiger charge is -2.09. The molecule has 1 heterocycles. The third-order valence-corrected chi connectivity index (χ3v) is 3.97. The molecule has 0 amide bonds. The molecule has 0 radical (unpaired) electrons. The summed E-state index contributed by atoms with van der Waals surface area (Å²) in [5, 5.41) is 4.66. The predicted octanol–water partition coefficient (Wildman–Crippen LogP) is 2.58. The molecule has 2 N–H and O–H groups in total. The van der Waals surface area contributed by atoms with Gasteiger partial charge >= 0.3 is 0 Å². The molecule has 0 spiro atoms. The Balaban J connectivity index is 2.04. The molecule has 1 atom stereocenters. The van der Waals surface area contributed by atoms with Crippen molar-refractivity contribution in [2.45, 2.75) is 65.5 Å². The van der Waals surface area contributed by atoms with Crippen LogP contribution in [0.1, 0.15) is 49.6 Å². The summed E-state index contributed by atoms with van der Waals surface area (Å²) in [7, 11) is 0. The van der Waals surface area contributed by atoms with Gasteiger partial charge in [-0.2, -0.15) is 5.10 Å². The van der Waals surface area contributed by atoms with Crippen LogP contribution < -0.4 is 5.73 Å². The fourth-order valence-electron chi connectivity index (χ4n) is 2.37. The highest BCUT2D eigenvalue weighted by atomic mass is 15.3. The highest BCUT2D eigenvalue weighted by Crippen LogP contribution is 2.33. The van der Waals surface area contributed by atoms with Crippen molar-refractivity contribution in [1.82, 2.24) is 9.78 Å². The van der Waals surface area contributed by atoms with Crippen LogP contribution in [0.4, 0.5) is 0 Å². The fraction of sp³-hybridized carbons (Fsp3) is 0.786. The van der Waals surface area contributed by atoms with Crippen LogP contribution in [0.15, 0.2) is 0 Å². The number of nitrogens with zero attached hydrogens (tertiary/aromatic N) is 2. The minimum atomic E-state index is 0.272. The molecule has 1 aromatic heterocycles. The van der Waals surface area contributed by atoms with Crippen molar-refractivity contribution < 1.29 is 0 Å². The van der Waals surface area contributed by atoms with Gasteiger partial charge in [-0.15, -0.1) is 0 Å². The first-order valence-electron chi connectivity index (χ1n) is 6.90. The van der Waals surface area contributed by atoms with Gasteiger partial charge in [0.05, 0.1) is 5.69 Å². The fourth-order valence-corrected chi connectivity index (χ4v) is 2.37. The summed E-state index contributed by atoms with van der Waals surface area (Å²) >= 11 is 0. The van der Waals surface area contributed by atoms with Crippen LogP contribution in [-0.4, -0.2) is 15.8 Å². The molecule has 1 saturated carbocycles. The standard InChI is InChI=1S/C14H25N3/c1-4-13(15)9-14-10(2)16-17(11(14)3)8-7-12-5-6-12/h12-13H,4-9,15H2,1-3H3. The van der Waals surface area contributed by atoms with Gasteiger partial charge in [0.25, 0.3) is 0 Å². The summed E-state index contributed by atoms with van der Waals surface area (Å²) in [6.07, 6.45) is 6.14. The quantitative estimate of drug-likeness (QED) is 0.823. The molecule has 17 heavy (non-hydrogen) atoms. The van der Waals surface area contributed by atoms with Gasteiger partial charge in [0.2, 0.25) is 0 Å². The van der Waals surface area contributed by atoms with Crippen molar-refractivity contribution in [3.8, 4) is 0 Å². The Labute approximate surface area is 104 Å². The Kier molecular flexibility index (Phi) is 3.87. The van der Waals surface area contributed by atoms with Crippen molar-refractivity contribution in [2.24, 2.45) is 11.7 Å². The van der Waals surface area contributed by atoms with Gasteiger partial charge in [-0.1, -0.05) is 19.8 Å². The summed E-state index contributed by atoms with van der Waals surface area (Å²) in [6.45, 7) is 7.52. The molecule has 1 unspecified atom stereocenters. The van der Waals surface area contributed by atoms with E-state index in [4.69, 9.17) is 5.73 Å². The minimum absolute atomic E-state index is 0.272. The van der Waals surface area contributed by atoms with Crippen molar-refractivity contribution in [3.63, 3.8) is 0 Å². The smallest absolute Gasteiger partial charge is 0.0629 e. The Bertz CT molecular complexity index is 377. The van der Waals surface area contributed by atoms with Crippen LogP contribution in [-0.2, 0) is 13.0 Å². The lowest BCUT2D eigenvalue weighted by atomic mass is 10.0. The topological polar surface area (TPSA) is 43.8 Å². The first kappa shape index (κ1) is 12.6. The second-order valence-corrected chi connectivity index (χ2v) is 5.48. The molecule has 3 heteroatoms. The number of aryl methyl sites for hydroxylation is 2. The van der Waals surface area contributed by atoms with Crippen LogP contribution in [0.5, 0.6) is 0 Å². The van der Waals surface area contributed by atoms with Gasteiger partial charge < -0.3 is 5.73 Å². The van der Waals surface area contributed by atoms with E-state index in [0.717, 1.165) is 25.3 Å². The molecule has 3 nitrogen and oxygen atoms in total. The van der Waals surface area contributed by atoms with Gasteiger partial charge in [-0.05, 0) is 44.6 Å². The maximum absolute atomic E-state index is 6.05. The summed E-state index contributed by atoms with van der Waals surface area (Å²) in [4.78, 5) is 0. The van der Waals surface area contributed by atoms with Crippen LogP contribution in [0.25, 0.3) is 0 Å². The minimum Gasteiger partial charge on any atom is -0.327 e. The molecule has 1 aliphatic rings. The van der Waals surface area contributed by atoms with Gasteiger partial charge in [0.1, 0.15) is 0 Å². The largest absolute Gasteiger partial charge is 0.327 e. The van der Waals surface area contributed by atoms with E-state index in [2.05, 4.69) is 30.6 Å². The molecule has 0 aromatic carbocycles. The lowest BCUT2D eigenvalue weighted by Crippen LogP contribution is -2.22. The van der Waals surface area contributed by atoms with Gasteiger partial charge in [0.15, 0.2) is 0 Å². The number of aromatic nitrogens is 2. The normalized spacial score (nSPS) is 17.4. The second kappa shape index (κ2) is 5.21. The predicted molar refractivity (Wildman–Crippen MR) is 71.0 cm³/mol. The zero-order valence-electron chi connectivity index (χ0n) is 11.4.